The second-order valence-corrected chi connectivity index (χ2v) is 3.25. The summed E-state index contributed by atoms with van der Waals surface area (Å²) < 4.78 is 12.9. The van der Waals surface area contributed by atoms with Crippen LogP contribution in [-0.2, 0) is 6.42 Å². The predicted octanol–water partition coefficient (Wildman–Crippen LogP) is 2.12. The van der Waals surface area contributed by atoms with Crippen molar-refractivity contribution in [2.75, 3.05) is 0 Å². The molecule has 0 unspecified atom stereocenters. The van der Waals surface area contributed by atoms with Crippen LogP contribution in [0.3, 0.4) is 0 Å². The topological polar surface area (TPSA) is 28.7 Å². The molecule has 2 nitrogen and oxygen atoms in total. The largest absolute Gasteiger partial charge is 0.278 e. The average Bonchev–Trinajstić information content (AvgIpc) is 2.64. The lowest BCUT2D eigenvalue weighted by molar-refractivity contribution is 0.628. The summed E-state index contributed by atoms with van der Waals surface area (Å²) in [5.41, 5.74) is 4.24. The monoisotopic (exact) mass is 174 g/mol. The normalized spacial score (nSPS) is 12.7. The van der Waals surface area contributed by atoms with Gasteiger partial charge in [-0.2, -0.15) is 5.10 Å². The SMILES string of the molecule is Fc1ccc2c(c1)-c1[nH]ncc1C2. The van der Waals surface area contributed by atoms with Gasteiger partial charge in [0.2, 0.25) is 0 Å². The van der Waals surface area contributed by atoms with Gasteiger partial charge in [-0.3, -0.25) is 5.10 Å². The second kappa shape index (κ2) is 2.19. The molecule has 0 amide bonds. The molecule has 1 N–H and O–H groups in total. The third-order valence-corrected chi connectivity index (χ3v) is 2.44. The average molecular weight is 174 g/mol. The van der Waals surface area contributed by atoms with Crippen molar-refractivity contribution in [3.63, 3.8) is 0 Å². The van der Waals surface area contributed by atoms with Crippen LogP contribution in [-0.4, -0.2) is 10.2 Å². The van der Waals surface area contributed by atoms with E-state index in [1.54, 1.807) is 12.3 Å². The molecule has 3 rings (SSSR count). The molecule has 1 heterocycles. The first-order chi connectivity index (χ1) is 6.34. The van der Waals surface area contributed by atoms with Gasteiger partial charge in [0, 0.05) is 17.5 Å². The fourth-order valence-electron chi connectivity index (χ4n) is 1.82. The van der Waals surface area contributed by atoms with Gasteiger partial charge in [-0.15, -0.1) is 0 Å². The Hall–Kier alpha value is -1.64. The fraction of sp³-hybridized carbons (Fsp3) is 0.100. The van der Waals surface area contributed by atoms with E-state index in [-0.39, 0.29) is 5.82 Å². The van der Waals surface area contributed by atoms with E-state index in [9.17, 15) is 4.39 Å². The first-order valence-corrected chi connectivity index (χ1v) is 4.15. The molecule has 0 spiro atoms. The van der Waals surface area contributed by atoms with E-state index in [0.29, 0.717) is 0 Å². The van der Waals surface area contributed by atoms with Gasteiger partial charge in [-0.1, -0.05) is 6.07 Å². The van der Waals surface area contributed by atoms with E-state index in [4.69, 9.17) is 0 Å². The number of nitrogens with one attached hydrogen (secondary N) is 1. The number of benzene rings is 1. The van der Waals surface area contributed by atoms with E-state index in [2.05, 4.69) is 10.2 Å². The summed E-state index contributed by atoms with van der Waals surface area (Å²) in [7, 11) is 0. The highest BCUT2D eigenvalue weighted by atomic mass is 19.1. The van der Waals surface area contributed by atoms with Crippen LogP contribution in [0.5, 0.6) is 0 Å². The molecule has 0 saturated heterocycles. The smallest absolute Gasteiger partial charge is 0.123 e. The summed E-state index contributed by atoms with van der Waals surface area (Å²) in [4.78, 5) is 0. The van der Waals surface area contributed by atoms with Crippen LogP contribution in [0.15, 0.2) is 24.4 Å². The van der Waals surface area contributed by atoms with Crippen molar-refractivity contribution in [1.29, 1.82) is 0 Å². The Morgan fingerprint density at radius 1 is 1.31 bits per heavy atom. The molecule has 0 radical (unpaired) electrons. The van der Waals surface area contributed by atoms with Crippen molar-refractivity contribution >= 4 is 0 Å². The molecule has 0 bridgehead atoms. The fourth-order valence-corrected chi connectivity index (χ4v) is 1.82. The summed E-state index contributed by atoms with van der Waals surface area (Å²) in [6.07, 6.45) is 2.66. The van der Waals surface area contributed by atoms with Crippen LogP contribution >= 0.6 is 0 Å². The maximum atomic E-state index is 12.9. The van der Waals surface area contributed by atoms with Crippen molar-refractivity contribution in [1.82, 2.24) is 10.2 Å². The first-order valence-electron chi connectivity index (χ1n) is 4.15. The summed E-state index contributed by atoms with van der Waals surface area (Å²) in [6.45, 7) is 0. The van der Waals surface area contributed by atoms with Crippen LogP contribution in [0, 0.1) is 5.82 Å². The Morgan fingerprint density at radius 2 is 2.23 bits per heavy atom. The molecule has 1 aliphatic carbocycles. The molecule has 0 aliphatic heterocycles. The lowest BCUT2D eigenvalue weighted by Gasteiger charge is -1.97. The number of H-pyrrole nitrogens is 1. The zero-order chi connectivity index (χ0) is 8.84. The molecule has 0 atom stereocenters. The van der Waals surface area contributed by atoms with Gasteiger partial charge in [0.1, 0.15) is 5.82 Å². The summed E-state index contributed by atoms with van der Waals surface area (Å²) in [5.74, 6) is -0.193. The van der Waals surface area contributed by atoms with Gasteiger partial charge in [-0.05, 0) is 17.7 Å². The third-order valence-electron chi connectivity index (χ3n) is 2.44. The highest BCUT2D eigenvalue weighted by Crippen LogP contribution is 2.34. The van der Waals surface area contributed by atoms with Crippen LogP contribution in [0.4, 0.5) is 4.39 Å². The van der Waals surface area contributed by atoms with E-state index >= 15 is 0 Å². The predicted molar refractivity (Wildman–Crippen MR) is 46.8 cm³/mol. The molecule has 1 aromatic heterocycles. The van der Waals surface area contributed by atoms with Gasteiger partial charge in [-0.25, -0.2) is 4.39 Å². The van der Waals surface area contributed by atoms with Crippen molar-refractivity contribution in [3.8, 4) is 11.3 Å². The molecule has 2 aromatic rings. The number of nitrogens with zero attached hydrogens (tertiary/aromatic N) is 1. The van der Waals surface area contributed by atoms with Crippen molar-refractivity contribution in [2.45, 2.75) is 6.42 Å². The molecular formula is C10H7FN2. The Kier molecular flexibility index (Phi) is 1.15. The van der Waals surface area contributed by atoms with Gasteiger partial charge >= 0.3 is 0 Å². The summed E-state index contributed by atoms with van der Waals surface area (Å²) in [5, 5.41) is 6.81. The van der Waals surface area contributed by atoms with Gasteiger partial charge in [0.15, 0.2) is 0 Å². The van der Waals surface area contributed by atoms with Crippen LogP contribution < -0.4 is 0 Å². The Balaban J connectivity index is 2.31. The van der Waals surface area contributed by atoms with Gasteiger partial charge in [0.25, 0.3) is 0 Å². The minimum Gasteiger partial charge on any atom is -0.278 e. The lowest BCUT2D eigenvalue weighted by atomic mass is 10.1. The van der Waals surface area contributed by atoms with Crippen LogP contribution in [0.25, 0.3) is 11.3 Å². The van der Waals surface area contributed by atoms with E-state index in [1.165, 1.54) is 11.6 Å². The van der Waals surface area contributed by atoms with Crippen LogP contribution in [0.2, 0.25) is 0 Å². The summed E-state index contributed by atoms with van der Waals surface area (Å²) in [6, 6.07) is 4.88. The maximum absolute atomic E-state index is 12.9. The van der Waals surface area contributed by atoms with E-state index in [0.717, 1.165) is 23.2 Å². The number of aromatic nitrogens is 2. The van der Waals surface area contributed by atoms with E-state index in [1.807, 2.05) is 6.07 Å². The third kappa shape index (κ3) is 0.840. The number of hydrogen-bond donors (Lipinski definition) is 1. The van der Waals surface area contributed by atoms with Gasteiger partial charge < -0.3 is 0 Å². The standard InChI is InChI=1S/C10H7FN2/c11-8-2-1-6-3-7-5-12-13-10(7)9(6)4-8/h1-2,4-5H,3H2,(H,12,13). The van der Waals surface area contributed by atoms with E-state index < -0.39 is 0 Å². The Labute approximate surface area is 74.4 Å². The minimum absolute atomic E-state index is 0.193. The molecule has 0 fully saturated rings. The zero-order valence-electron chi connectivity index (χ0n) is 6.84. The molecule has 1 aliphatic rings. The quantitative estimate of drug-likeness (QED) is 0.555. The summed E-state index contributed by atoms with van der Waals surface area (Å²) >= 11 is 0. The highest BCUT2D eigenvalue weighted by Gasteiger charge is 2.20. The molecule has 64 valence electrons. The second-order valence-electron chi connectivity index (χ2n) is 3.25. The highest BCUT2D eigenvalue weighted by molar-refractivity contribution is 5.72. The first kappa shape index (κ1) is 6.83. The number of aromatic amines is 1. The minimum atomic E-state index is -0.193. The molecule has 0 saturated carbocycles. The van der Waals surface area contributed by atoms with Crippen LogP contribution in [0.1, 0.15) is 11.1 Å². The van der Waals surface area contributed by atoms with Crippen molar-refractivity contribution in [3.05, 3.63) is 41.3 Å². The number of fused-ring (bicyclic) bond motifs is 3. The van der Waals surface area contributed by atoms with Gasteiger partial charge in [0.05, 0.1) is 11.9 Å². The molecule has 3 heteroatoms. The maximum Gasteiger partial charge on any atom is 0.123 e. The Morgan fingerprint density at radius 3 is 3.15 bits per heavy atom. The molecule has 1 aromatic carbocycles. The number of halogens is 1. The Bertz CT molecular complexity index is 474. The molecule has 13 heavy (non-hydrogen) atoms. The van der Waals surface area contributed by atoms with Crippen molar-refractivity contribution < 1.29 is 4.39 Å². The lowest BCUT2D eigenvalue weighted by Crippen LogP contribution is -1.83. The van der Waals surface area contributed by atoms with Crippen molar-refractivity contribution in [2.24, 2.45) is 0 Å². The number of hydrogen-bond acceptors (Lipinski definition) is 1. The molecular weight excluding hydrogens is 167 g/mol. The number of rotatable bonds is 0. The zero-order valence-corrected chi connectivity index (χ0v) is 6.84.